The van der Waals surface area contributed by atoms with E-state index in [-0.39, 0.29) is 0 Å². The third kappa shape index (κ3) is 4.06. The minimum Gasteiger partial charge on any atom is -0.475 e. The van der Waals surface area contributed by atoms with Gasteiger partial charge in [-0.05, 0) is 24.8 Å². The highest BCUT2D eigenvalue weighted by Crippen LogP contribution is 2.28. The van der Waals surface area contributed by atoms with Gasteiger partial charge in [0.15, 0.2) is 0 Å². The van der Waals surface area contributed by atoms with Gasteiger partial charge < -0.3 is 9.47 Å². The van der Waals surface area contributed by atoms with Gasteiger partial charge in [0, 0.05) is 18.9 Å². The number of ether oxygens (including phenoxy) is 2. The zero-order valence-corrected chi connectivity index (χ0v) is 9.24. The largest absolute Gasteiger partial charge is 0.475 e. The molecule has 15 heavy (non-hydrogen) atoms. The van der Waals surface area contributed by atoms with Crippen molar-refractivity contribution < 1.29 is 9.47 Å². The molecule has 82 valence electrons. The predicted molar refractivity (Wildman–Crippen MR) is 58.3 cm³/mol. The molecule has 0 N–H and O–H groups in total. The van der Waals surface area contributed by atoms with Gasteiger partial charge in [-0.25, -0.2) is 4.98 Å². The van der Waals surface area contributed by atoms with Gasteiger partial charge in [-0.3, -0.25) is 0 Å². The molecule has 0 amide bonds. The zero-order valence-electron chi connectivity index (χ0n) is 8.49. The molecule has 0 aromatic carbocycles. The summed E-state index contributed by atoms with van der Waals surface area (Å²) in [5, 5.41) is 0.618. The van der Waals surface area contributed by atoms with Crippen LogP contribution in [0.2, 0.25) is 5.02 Å². The highest BCUT2D eigenvalue weighted by Gasteiger charge is 2.20. The molecule has 1 fully saturated rings. The van der Waals surface area contributed by atoms with Crippen LogP contribution in [0.4, 0.5) is 0 Å². The molecular weight excluding hydrogens is 214 g/mol. The molecule has 0 aliphatic heterocycles. The van der Waals surface area contributed by atoms with Crippen LogP contribution in [0.15, 0.2) is 18.3 Å². The van der Waals surface area contributed by atoms with Gasteiger partial charge in [-0.2, -0.15) is 0 Å². The van der Waals surface area contributed by atoms with Crippen LogP contribution < -0.4 is 4.74 Å². The van der Waals surface area contributed by atoms with Crippen LogP contribution in [-0.2, 0) is 4.74 Å². The van der Waals surface area contributed by atoms with E-state index in [2.05, 4.69) is 4.98 Å². The molecule has 1 aliphatic carbocycles. The Hall–Kier alpha value is -0.800. The van der Waals surface area contributed by atoms with Gasteiger partial charge >= 0.3 is 0 Å². The number of pyridine rings is 1. The third-order valence-corrected chi connectivity index (χ3v) is 2.45. The number of hydrogen-bond acceptors (Lipinski definition) is 3. The van der Waals surface area contributed by atoms with Crippen LogP contribution in [0.3, 0.4) is 0 Å². The summed E-state index contributed by atoms with van der Waals surface area (Å²) in [5.74, 6) is 1.40. The van der Waals surface area contributed by atoms with Crippen LogP contribution in [0, 0.1) is 5.92 Å². The summed E-state index contributed by atoms with van der Waals surface area (Å²) in [6, 6.07) is 3.51. The maximum atomic E-state index is 5.69. The molecule has 1 heterocycles. The van der Waals surface area contributed by atoms with Crippen molar-refractivity contribution in [1.29, 1.82) is 0 Å². The Bertz CT molecular complexity index is 298. The second kappa shape index (κ2) is 5.33. The SMILES string of the molecule is Clc1ccc(OCCOCC2CC2)nc1. The Balaban J connectivity index is 1.58. The van der Waals surface area contributed by atoms with E-state index in [9.17, 15) is 0 Å². The average molecular weight is 228 g/mol. The molecule has 3 nitrogen and oxygen atoms in total. The van der Waals surface area contributed by atoms with Crippen LogP contribution in [0.5, 0.6) is 5.88 Å². The second-order valence-corrected chi connectivity index (χ2v) is 4.12. The zero-order chi connectivity index (χ0) is 10.5. The van der Waals surface area contributed by atoms with E-state index in [1.54, 1.807) is 18.3 Å². The topological polar surface area (TPSA) is 31.4 Å². The van der Waals surface area contributed by atoms with Crippen molar-refractivity contribution in [3.8, 4) is 5.88 Å². The lowest BCUT2D eigenvalue weighted by Gasteiger charge is -2.05. The van der Waals surface area contributed by atoms with Crippen molar-refractivity contribution in [2.75, 3.05) is 19.8 Å². The highest BCUT2D eigenvalue weighted by molar-refractivity contribution is 6.30. The van der Waals surface area contributed by atoms with E-state index in [1.165, 1.54) is 12.8 Å². The Morgan fingerprint density at radius 3 is 2.87 bits per heavy atom. The first kappa shape index (κ1) is 10.7. The lowest BCUT2D eigenvalue weighted by molar-refractivity contribution is 0.0913. The number of aromatic nitrogens is 1. The monoisotopic (exact) mass is 227 g/mol. The Morgan fingerprint density at radius 2 is 2.20 bits per heavy atom. The van der Waals surface area contributed by atoms with E-state index >= 15 is 0 Å². The van der Waals surface area contributed by atoms with E-state index in [0.29, 0.717) is 24.1 Å². The lowest BCUT2D eigenvalue weighted by Crippen LogP contribution is -2.08. The lowest BCUT2D eigenvalue weighted by atomic mass is 10.5. The van der Waals surface area contributed by atoms with Crippen molar-refractivity contribution in [3.05, 3.63) is 23.4 Å². The summed E-state index contributed by atoms with van der Waals surface area (Å²) < 4.78 is 10.8. The summed E-state index contributed by atoms with van der Waals surface area (Å²) in [6.45, 7) is 2.04. The van der Waals surface area contributed by atoms with Gasteiger partial charge in [-0.15, -0.1) is 0 Å². The van der Waals surface area contributed by atoms with Crippen LogP contribution in [0.1, 0.15) is 12.8 Å². The molecule has 2 rings (SSSR count). The minimum atomic E-state index is 0.543. The number of halogens is 1. The van der Waals surface area contributed by atoms with Crippen molar-refractivity contribution in [3.63, 3.8) is 0 Å². The summed E-state index contributed by atoms with van der Waals surface area (Å²) in [5.41, 5.74) is 0. The average Bonchev–Trinajstić information content (AvgIpc) is 3.04. The van der Waals surface area contributed by atoms with Gasteiger partial charge in [0.05, 0.1) is 11.6 Å². The third-order valence-electron chi connectivity index (χ3n) is 2.23. The summed E-state index contributed by atoms with van der Waals surface area (Å²) in [6.07, 6.45) is 4.21. The molecule has 1 aromatic heterocycles. The quantitative estimate of drug-likeness (QED) is 0.700. The van der Waals surface area contributed by atoms with Gasteiger partial charge in [0.25, 0.3) is 0 Å². The maximum absolute atomic E-state index is 5.69. The van der Waals surface area contributed by atoms with E-state index in [4.69, 9.17) is 21.1 Å². The Kier molecular flexibility index (Phi) is 3.80. The maximum Gasteiger partial charge on any atom is 0.213 e. The normalized spacial score (nSPS) is 15.3. The number of rotatable bonds is 6. The van der Waals surface area contributed by atoms with E-state index < -0.39 is 0 Å². The minimum absolute atomic E-state index is 0.543. The second-order valence-electron chi connectivity index (χ2n) is 3.68. The first-order chi connectivity index (χ1) is 7.34. The first-order valence-electron chi connectivity index (χ1n) is 5.17. The van der Waals surface area contributed by atoms with Gasteiger partial charge in [0.1, 0.15) is 6.61 Å². The fraction of sp³-hybridized carbons (Fsp3) is 0.545. The van der Waals surface area contributed by atoms with E-state index in [0.717, 1.165) is 12.5 Å². The fourth-order valence-corrected chi connectivity index (χ4v) is 1.30. The molecular formula is C11H14ClNO2. The summed E-state index contributed by atoms with van der Waals surface area (Å²) >= 11 is 5.69. The number of hydrogen-bond donors (Lipinski definition) is 0. The molecule has 4 heteroatoms. The van der Waals surface area contributed by atoms with Crippen LogP contribution in [0.25, 0.3) is 0 Å². The summed E-state index contributed by atoms with van der Waals surface area (Å²) in [7, 11) is 0. The molecule has 1 aromatic rings. The first-order valence-corrected chi connectivity index (χ1v) is 5.54. The molecule has 0 radical (unpaired) electrons. The van der Waals surface area contributed by atoms with Gasteiger partial charge in [-0.1, -0.05) is 11.6 Å². The van der Waals surface area contributed by atoms with Crippen LogP contribution in [-0.4, -0.2) is 24.8 Å². The molecule has 0 saturated heterocycles. The van der Waals surface area contributed by atoms with Crippen molar-refractivity contribution in [1.82, 2.24) is 4.98 Å². The van der Waals surface area contributed by atoms with Crippen molar-refractivity contribution >= 4 is 11.6 Å². The standard InChI is InChI=1S/C11H14ClNO2/c12-10-3-4-11(13-7-10)15-6-5-14-8-9-1-2-9/h3-4,7,9H,1-2,5-6,8H2. The molecule has 1 aliphatic rings. The van der Waals surface area contributed by atoms with Crippen LogP contribution >= 0.6 is 11.6 Å². The molecule has 0 bridgehead atoms. The fourth-order valence-electron chi connectivity index (χ4n) is 1.19. The molecule has 0 spiro atoms. The predicted octanol–water partition coefficient (Wildman–Crippen LogP) is 2.54. The van der Waals surface area contributed by atoms with Crippen molar-refractivity contribution in [2.45, 2.75) is 12.8 Å². The van der Waals surface area contributed by atoms with Gasteiger partial charge in [0.2, 0.25) is 5.88 Å². The Labute approximate surface area is 94.4 Å². The van der Waals surface area contributed by atoms with Crippen molar-refractivity contribution in [2.24, 2.45) is 5.92 Å². The number of nitrogens with zero attached hydrogens (tertiary/aromatic N) is 1. The molecule has 1 saturated carbocycles. The smallest absolute Gasteiger partial charge is 0.213 e. The molecule has 0 atom stereocenters. The molecule has 0 unspecified atom stereocenters. The highest BCUT2D eigenvalue weighted by atomic mass is 35.5. The Morgan fingerprint density at radius 1 is 1.33 bits per heavy atom. The van der Waals surface area contributed by atoms with E-state index in [1.807, 2.05) is 0 Å². The summed E-state index contributed by atoms with van der Waals surface area (Å²) in [4.78, 5) is 4.01.